The highest BCUT2D eigenvalue weighted by atomic mass is 16.5. The predicted octanol–water partition coefficient (Wildman–Crippen LogP) is -0.796. The van der Waals surface area contributed by atoms with Crippen molar-refractivity contribution in [1.82, 2.24) is 10.6 Å². The van der Waals surface area contributed by atoms with Crippen LogP contribution in [0.1, 0.15) is 19.8 Å². The zero-order valence-electron chi connectivity index (χ0n) is 9.82. The molecule has 6 heteroatoms. The summed E-state index contributed by atoms with van der Waals surface area (Å²) in [5.41, 5.74) is 5.60. The third-order valence-electron chi connectivity index (χ3n) is 2.15. The van der Waals surface area contributed by atoms with Crippen LogP contribution in [0.15, 0.2) is 4.99 Å². The van der Waals surface area contributed by atoms with Crippen molar-refractivity contribution in [3.63, 3.8) is 0 Å². The van der Waals surface area contributed by atoms with Crippen molar-refractivity contribution < 1.29 is 9.53 Å². The van der Waals surface area contributed by atoms with Crippen LogP contribution in [0.3, 0.4) is 0 Å². The van der Waals surface area contributed by atoms with E-state index in [2.05, 4.69) is 15.6 Å². The Kier molecular flexibility index (Phi) is 5.04. The van der Waals surface area contributed by atoms with Gasteiger partial charge in [-0.3, -0.25) is 4.79 Å². The lowest BCUT2D eigenvalue weighted by molar-refractivity contribution is -0.119. The van der Waals surface area contributed by atoms with E-state index in [9.17, 15) is 4.79 Å². The van der Waals surface area contributed by atoms with Crippen molar-refractivity contribution in [3.8, 4) is 0 Å². The molecule has 16 heavy (non-hydrogen) atoms. The third-order valence-corrected chi connectivity index (χ3v) is 2.15. The molecule has 1 saturated carbocycles. The normalized spacial score (nSPS) is 18.0. The van der Waals surface area contributed by atoms with Gasteiger partial charge in [-0.25, -0.2) is 4.99 Å². The number of aliphatic imine (C=N–C) groups is 1. The van der Waals surface area contributed by atoms with Gasteiger partial charge >= 0.3 is 0 Å². The Bertz CT molecular complexity index is 264. The summed E-state index contributed by atoms with van der Waals surface area (Å²) in [7, 11) is 1.62. The molecule has 92 valence electrons. The van der Waals surface area contributed by atoms with Crippen LogP contribution in [0.2, 0.25) is 0 Å². The van der Waals surface area contributed by atoms with E-state index in [0.29, 0.717) is 12.6 Å². The summed E-state index contributed by atoms with van der Waals surface area (Å²) in [4.78, 5) is 15.2. The molecule has 0 spiro atoms. The molecule has 0 saturated heterocycles. The van der Waals surface area contributed by atoms with Gasteiger partial charge in [0.05, 0.1) is 6.61 Å². The van der Waals surface area contributed by atoms with Crippen molar-refractivity contribution in [3.05, 3.63) is 0 Å². The molecule has 4 N–H and O–H groups in total. The summed E-state index contributed by atoms with van der Waals surface area (Å²) >= 11 is 0. The minimum Gasteiger partial charge on any atom is -0.383 e. The minimum atomic E-state index is -0.0772. The molecule has 0 radical (unpaired) electrons. The number of nitrogens with zero attached hydrogens (tertiary/aromatic N) is 1. The summed E-state index contributed by atoms with van der Waals surface area (Å²) in [6.07, 6.45) is 2.15. The Balaban J connectivity index is 2.18. The van der Waals surface area contributed by atoms with Gasteiger partial charge in [0.15, 0.2) is 5.96 Å². The Morgan fingerprint density at radius 1 is 1.62 bits per heavy atom. The van der Waals surface area contributed by atoms with Gasteiger partial charge in [-0.05, 0) is 19.8 Å². The molecular formula is C10H20N4O2. The Labute approximate surface area is 95.6 Å². The van der Waals surface area contributed by atoms with Crippen LogP contribution in [0.25, 0.3) is 0 Å². The van der Waals surface area contributed by atoms with Crippen LogP contribution < -0.4 is 16.4 Å². The van der Waals surface area contributed by atoms with Crippen LogP contribution in [0, 0.1) is 0 Å². The van der Waals surface area contributed by atoms with Crippen LogP contribution in [0.4, 0.5) is 0 Å². The monoisotopic (exact) mass is 228 g/mol. The maximum atomic E-state index is 11.3. The van der Waals surface area contributed by atoms with Gasteiger partial charge in [0.2, 0.25) is 5.91 Å². The molecule has 1 amide bonds. The van der Waals surface area contributed by atoms with Gasteiger partial charge in [0, 0.05) is 19.2 Å². The largest absolute Gasteiger partial charge is 0.383 e. The van der Waals surface area contributed by atoms with Crippen LogP contribution in [-0.2, 0) is 9.53 Å². The predicted molar refractivity (Wildman–Crippen MR) is 62.1 cm³/mol. The van der Waals surface area contributed by atoms with Gasteiger partial charge in [-0.2, -0.15) is 0 Å². The second kappa shape index (κ2) is 6.32. The zero-order chi connectivity index (χ0) is 12.0. The molecule has 0 aromatic carbocycles. The van der Waals surface area contributed by atoms with E-state index in [1.54, 1.807) is 7.11 Å². The molecule has 6 nitrogen and oxygen atoms in total. The maximum Gasteiger partial charge on any atom is 0.242 e. The van der Waals surface area contributed by atoms with Gasteiger partial charge < -0.3 is 21.1 Å². The first-order chi connectivity index (χ1) is 7.61. The second-order valence-electron chi connectivity index (χ2n) is 4.04. The fourth-order valence-electron chi connectivity index (χ4n) is 1.25. The summed E-state index contributed by atoms with van der Waals surface area (Å²) in [5, 5.41) is 5.76. The van der Waals surface area contributed by atoms with Gasteiger partial charge in [-0.15, -0.1) is 0 Å². The van der Waals surface area contributed by atoms with E-state index >= 15 is 0 Å². The number of hydrogen-bond donors (Lipinski definition) is 3. The molecule has 0 aromatic rings. The minimum absolute atomic E-state index is 0.0772. The quantitative estimate of drug-likeness (QED) is 0.410. The number of nitrogens with one attached hydrogen (secondary N) is 2. The maximum absolute atomic E-state index is 11.3. The number of nitrogens with two attached hydrogens (primary N) is 1. The number of carbonyl (C=O) groups excluding carboxylic acids is 1. The highest BCUT2D eigenvalue weighted by molar-refractivity contribution is 5.84. The van der Waals surface area contributed by atoms with Crippen LogP contribution in [-0.4, -0.2) is 44.2 Å². The van der Waals surface area contributed by atoms with E-state index in [-0.39, 0.29) is 24.5 Å². The molecule has 0 aliphatic heterocycles. The fraction of sp³-hybridized carbons (Fsp3) is 0.800. The topological polar surface area (TPSA) is 88.7 Å². The smallest absolute Gasteiger partial charge is 0.242 e. The van der Waals surface area contributed by atoms with Crippen molar-refractivity contribution in [1.29, 1.82) is 0 Å². The first kappa shape index (κ1) is 12.8. The lowest BCUT2D eigenvalue weighted by Crippen LogP contribution is -2.41. The lowest BCUT2D eigenvalue weighted by atomic mass is 10.4. The molecule has 1 atom stereocenters. The summed E-state index contributed by atoms with van der Waals surface area (Å²) in [5.74, 6) is 0.196. The third kappa shape index (κ3) is 5.55. The molecule has 0 bridgehead atoms. The molecule has 0 aromatic heterocycles. The molecule has 1 fully saturated rings. The second-order valence-corrected chi connectivity index (χ2v) is 4.04. The van der Waals surface area contributed by atoms with Gasteiger partial charge in [0.1, 0.15) is 6.54 Å². The standard InChI is InChI=1S/C10H20N4O2/c1-7(6-16-2)13-10(11)12-5-9(15)14-8-3-4-8/h7-8H,3-6H2,1-2H3,(H,14,15)(H3,11,12,13). The first-order valence-corrected chi connectivity index (χ1v) is 5.46. The number of methoxy groups -OCH3 is 1. The number of ether oxygens (including phenoxy) is 1. The number of hydrogen-bond acceptors (Lipinski definition) is 3. The lowest BCUT2D eigenvalue weighted by Gasteiger charge is -2.12. The average molecular weight is 228 g/mol. The summed E-state index contributed by atoms with van der Waals surface area (Å²) in [6.45, 7) is 2.55. The van der Waals surface area contributed by atoms with Crippen molar-refractivity contribution in [2.24, 2.45) is 10.7 Å². The molecule has 1 rings (SSSR count). The van der Waals surface area contributed by atoms with Crippen molar-refractivity contribution in [2.75, 3.05) is 20.3 Å². The molecule has 1 unspecified atom stereocenters. The van der Waals surface area contributed by atoms with E-state index < -0.39 is 0 Å². The molecule has 0 heterocycles. The highest BCUT2D eigenvalue weighted by Gasteiger charge is 2.22. The van der Waals surface area contributed by atoms with E-state index in [1.807, 2.05) is 6.92 Å². The SMILES string of the molecule is COCC(C)NC(N)=NCC(=O)NC1CC1. The van der Waals surface area contributed by atoms with Gasteiger partial charge in [0.25, 0.3) is 0 Å². The number of carbonyl (C=O) groups is 1. The zero-order valence-corrected chi connectivity index (χ0v) is 9.82. The van der Waals surface area contributed by atoms with E-state index in [0.717, 1.165) is 12.8 Å². The summed E-state index contributed by atoms with van der Waals surface area (Å²) < 4.78 is 4.94. The fourth-order valence-corrected chi connectivity index (χ4v) is 1.25. The number of amides is 1. The molecule has 1 aliphatic rings. The van der Waals surface area contributed by atoms with E-state index in [4.69, 9.17) is 10.5 Å². The molecule has 1 aliphatic carbocycles. The Hall–Kier alpha value is -1.30. The first-order valence-electron chi connectivity index (χ1n) is 5.46. The summed E-state index contributed by atoms with van der Waals surface area (Å²) in [6, 6.07) is 0.449. The Morgan fingerprint density at radius 2 is 2.31 bits per heavy atom. The Morgan fingerprint density at radius 3 is 2.88 bits per heavy atom. The highest BCUT2D eigenvalue weighted by Crippen LogP contribution is 2.18. The van der Waals surface area contributed by atoms with Crippen LogP contribution in [0.5, 0.6) is 0 Å². The van der Waals surface area contributed by atoms with Crippen molar-refractivity contribution >= 4 is 11.9 Å². The van der Waals surface area contributed by atoms with Gasteiger partial charge in [-0.1, -0.05) is 0 Å². The molecular weight excluding hydrogens is 208 g/mol. The van der Waals surface area contributed by atoms with Crippen molar-refractivity contribution in [2.45, 2.75) is 31.8 Å². The number of guanidine groups is 1. The van der Waals surface area contributed by atoms with E-state index in [1.165, 1.54) is 0 Å². The average Bonchev–Trinajstić information content (AvgIpc) is 2.99. The number of rotatable bonds is 6. The van der Waals surface area contributed by atoms with Crippen LogP contribution >= 0.6 is 0 Å².